The van der Waals surface area contributed by atoms with Crippen molar-refractivity contribution in [1.29, 1.82) is 0 Å². The standard InChI is InChI=1S/C28H34N6O4/c1-32(2)15-8-16-33(3)21-11-13-23(26(17-21)34(36)37-4)28(35)31-27(30)24-18-22(12-14-25(24)29)38-19-20-9-6-5-7-10-20/h5-7,9-14,17-18H,8,15-16,19H2,1-4H3,(H3-,29,30,31,35)/p+1. The number of anilines is 2. The van der Waals surface area contributed by atoms with Crippen LogP contribution in [-0.2, 0) is 11.4 Å². The molecule has 0 radical (unpaired) electrons. The van der Waals surface area contributed by atoms with Gasteiger partial charge in [0.05, 0.1) is 4.91 Å². The maximum Gasteiger partial charge on any atom is 0.331 e. The van der Waals surface area contributed by atoms with Gasteiger partial charge in [-0.05, 0) is 63.0 Å². The Morgan fingerprint density at radius 1 is 0.974 bits per heavy atom. The van der Waals surface area contributed by atoms with Gasteiger partial charge in [0.1, 0.15) is 23.8 Å². The van der Waals surface area contributed by atoms with Crippen molar-refractivity contribution in [2.45, 2.75) is 13.0 Å². The van der Waals surface area contributed by atoms with E-state index in [-0.39, 0.29) is 22.0 Å². The zero-order chi connectivity index (χ0) is 27.7. The fourth-order valence-electron chi connectivity index (χ4n) is 3.76. The molecule has 4 N–H and O–H groups in total. The number of ether oxygens (including phenoxy) is 1. The van der Waals surface area contributed by atoms with Gasteiger partial charge in [-0.3, -0.25) is 4.79 Å². The molecule has 0 atom stereocenters. The molecule has 1 amide bonds. The summed E-state index contributed by atoms with van der Waals surface area (Å²) in [6.45, 7) is 2.05. The number of carbonyl (C=O) groups is 1. The lowest BCUT2D eigenvalue weighted by Crippen LogP contribution is -2.23. The fourth-order valence-corrected chi connectivity index (χ4v) is 3.76. The first kappa shape index (κ1) is 28.1. The van der Waals surface area contributed by atoms with Crippen molar-refractivity contribution >= 4 is 28.8 Å². The van der Waals surface area contributed by atoms with Gasteiger partial charge in [-0.25, -0.2) is 4.84 Å². The third kappa shape index (κ3) is 7.53. The van der Waals surface area contributed by atoms with E-state index in [0.29, 0.717) is 23.6 Å². The lowest BCUT2D eigenvalue weighted by Gasteiger charge is -2.20. The highest BCUT2D eigenvalue weighted by atomic mass is 16.8. The summed E-state index contributed by atoms with van der Waals surface area (Å²) in [7, 11) is 7.18. The molecule has 3 rings (SSSR count). The molecule has 10 nitrogen and oxygen atoms in total. The zero-order valence-electron chi connectivity index (χ0n) is 22.3. The second-order valence-corrected chi connectivity index (χ2v) is 9.05. The van der Waals surface area contributed by atoms with Crippen molar-refractivity contribution in [3.63, 3.8) is 0 Å². The van der Waals surface area contributed by atoms with E-state index in [4.69, 9.17) is 21.0 Å². The van der Waals surface area contributed by atoms with Crippen LogP contribution in [0.5, 0.6) is 5.75 Å². The van der Waals surface area contributed by atoms with Gasteiger partial charge < -0.3 is 26.0 Å². The smallest absolute Gasteiger partial charge is 0.331 e. The third-order valence-electron chi connectivity index (χ3n) is 5.88. The van der Waals surface area contributed by atoms with Crippen molar-refractivity contribution in [2.75, 3.05) is 52.0 Å². The fraction of sp³-hybridized carbons (Fsp3) is 0.286. The molecule has 0 bridgehead atoms. The minimum Gasteiger partial charge on any atom is -0.489 e. The summed E-state index contributed by atoms with van der Waals surface area (Å²) in [5, 5.41) is 0. The molecule has 0 fully saturated rings. The third-order valence-corrected chi connectivity index (χ3v) is 5.88. The number of nitrogens with zero attached hydrogens (tertiary/aromatic N) is 4. The molecule has 0 aliphatic rings. The van der Waals surface area contributed by atoms with Crippen molar-refractivity contribution < 1.29 is 19.3 Å². The van der Waals surface area contributed by atoms with Gasteiger partial charge >= 0.3 is 5.69 Å². The molecule has 0 aliphatic heterocycles. The average molecular weight is 520 g/mol. The van der Waals surface area contributed by atoms with Crippen LogP contribution in [0.2, 0.25) is 0 Å². The highest BCUT2D eigenvalue weighted by Gasteiger charge is 2.27. The number of hydrogen-bond acceptors (Lipinski definition) is 7. The number of aliphatic imine (C=N–C) groups is 1. The van der Waals surface area contributed by atoms with Crippen molar-refractivity contribution in [3.05, 3.63) is 88.3 Å². The molecule has 38 heavy (non-hydrogen) atoms. The summed E-state index contributed by atoms with van der Waals surface area (Å²) in [4.78, 5) is 38.9. The van der Waals surface area contributed by atoms with E-state index in [1.54, 1.807) is 36.4 Å². The molecule has 3 aromatic carbocycles. The Labute approximate surface area is 223 Å². The Bertz CT molecular complexity index is 1290. The summed E-state index contributed by atoms with van der Waals surface area (Å²) >= 11 is 0. The van der Waals surface area contributed by atoms with Crippen LogP contribution in [0.1, 0.15) is 27.9 Å². The number of rotatable bonds is 12. The summed E-state index contributed by atoms with van der Waals surface area (Å²) in [5.74, 6) is -0.272. The number of benzene rings is 3. The largest absolute Gasteiger partial charge is 0.489 e. The van der Waals surface area contributed by atoms with Crippen LogP contribution in [0.4, 0.5) is 17.1 Å². The summed E-state index contributed by atoms with van der Waals surface area (Å²) in [6, 6.07) is 19.6. The van der Waals surface area contributed by atoms with Gasteiger partial charge in [0.25, 0.3) is 10.8 Å². The van der Waals surface area contributed by atoms with E-state index in [9.17, 15) is 9.70 Å². The Hall–Kier alpha value is -4.44. The van der Waals surface area contributed by atoms with Gasteiger partial charge in [0.2, 0.25) is 0 Å². The van der Waals surface area contributed by atoms with E-state index >= 15 is 0 Å². The topological polar surface area (TPSA) is 126 Å². The number of carbonyl (C=O) groups excluding carboxylic acids is 1. The first-order chi connectivity index (χ1) is 18.2. The van der Waals surface area contributed by atoms with Gasteiger partial charge in [0, 0.05) is 36.6 Å². The minimum atomic E-state index is -0.702. The number of hydrogen-bond donors (Lipinski definition) is 2. The molecular formula is C28H35N6O4+. The predicted molar refractivity (Wildman–Crippen MR) is 150 cm³/mol. The number of nitrogens with two attached hydrogens (primary N) is 2. The maximum absolute atomic E-state index is 13.1. The lowest BCUT2D eigenvalue weighted by atomic mass is 10.1. The molecule has 0 saturated carbocycles. The summed E-state index contributed by atoms with van der Waals surface area (Å²) in [5.41, 5.74) is 14.8. The predicted octanol–water partition coefficient (Wildman–Crippen LogP) is 3.75. The maximum atomic E-state index is 13.1. The second kappa shape index (κ2) is 13.2. The van der Waals surface area contributed by atoms with Crippen LogP contribution in [0.15, 0.2) is 71.7 Å². The zero-order valence-corrected chi connectivity index (χ0v) is 22.3. The van der Waals surface area contributed by atoms with E-state index in [0.717, 1.165) is 30.8 Å². The van der Waals surface area contributed by atoms with Gasteiger partial charge in [-0.1, -0.05) is 30.3 Å². The Morgan fingerprint density at radius 2 is 1.71 bits per heavy atom. The van der Waals surface area contributed by atoms with Crippen molar-refractivity contribution in [1.82, 2.24) is 4.90 Å². The molecule has 200 valence electrons. The van der Waals surface area contributed by atoms with Crippen LogP contribution >= 0.6 is 0 Å². The molecular weight excluding hydrogens is 484 g/mol. The molecule has 0 spiro atoms. The average Bonchev–Trinajstić information content (AvgIpc) is 2.92. The molecule has 0 saturated heterocycles. The Balaban J connectivity index is 1.83. The molecule has 0 unspecified atom stereocenters. The number of amidine groups is 1. The monoisotopic (exact) mass is 519 g/mol. The summed E-state index contributed by atoms with van der Waals surface area (Å²) < 4.78 is 5.85. The minimum absolute atomic E-state index is 0.0268. The number of amides is 1. The quantitative estimate of drug-likeness (QED) is 0.160. The van der Waals surface area contributed by atoms with Gasteiger partial charge in [-0.15, -0.1) is 0 Å². The van der Waals surface area contributed by atoms with Crippen LogP contribution in [0.3, 0.4) is 0 Å². The van der Waals surface area contributed by atoms with Gasteiger partial charge in [-0.2, -0.15) is 4.99 Å². The highest BCUT2D eigenvalue weighted by Crippen LogP contribution is 2.27. The van der Waals surface area contributed by atoms with E-state index in [1.807, 2.05) is 56.4 Å². The lowest BCUT2D eigenvalue weighted by molar-refractivity contribution is -0.736. The summed E-state index contributed by atoms with van der Waals surface area (Å²) in [6.07, 6.45) is 0.932. The van der Waals surface area contributed by atoms with Gasteiger partial charge in [0.15, 0.2) is 7.11 Å². The molecule has 0 heterocycles. The van der Waals surface area contributed by atoms with Crippen LogP contribution in [0, 0.1) is 4.91 Å². The van der Waals surface area contributed by atoms with E-state index in [2.05, 4.69) is 9.89 Å². The molecule has 0 aromatic heterocycles. The SMILES string of the molecule is CO[N+](=O)c1cc(N(C)CCCN(C)C)ccc1C(=O)N=C(N)c1cc(OCc2ccccc2)ccc1N. The van der Waals surface area contributed by atoms with Crippen LogP contribution in [-0.4, -0.2) is 62.9 Å². The molecule has 10 heteroatoms. The second-order valence-electron chi connectivity index (χ2n) is 9.05. The normalized spacial score (nSPS) is 11.3. The first-order valence-corrected chi connectivity index (χ1v) is 12.2. The van der Waals surface area contributed by atoms with E-state index in [1.165, 1.54) is 7.11 Å². The van der Waals surface area contributed by atoms with Crippen LogP contribution < -0.4 is 21.1 Å². The first-order valence-electron chi connectivity index (χ1n) is 12.2. The van der Waals surface area contributed by atoms with Crippen molar-refractivity contribution in [2.24, 2.45) is 10.7 Å². The van der Waals surface area contributed by atoms with E-state index < -0.39 is 5.91 Å². The highest BCUT2D eigenvalue weighted by molar-refractivity contribution is 6.12. The Morgan fingerprint density at radius 3 is 2.39 bits per heavy atom. The molecule has 3 aromatic rings. The van der Waals surface area contributed by atoms with Crippen LogP contribution in [0.25, 0.3) is 0 Å². The van der Waals surface area contributed by atoms with Crippen molar-refractivity contribution in [3.8, 4) is 5.75 Å². The Kier molecular flexibility index (Phi) is 9.78. The number of nitrogen functional groups attached to an aromatic ring is 1. The molecule has 0 aliphatic carbocycles.